The number of anilines is 1. The van der Waals surface area contributed by atoms with Gasteiger partial charge in [0.25, 0.3) is 0 Å². The highest BCUT2D eigenvalue weighted by molar-refractivity contribution is 6.03. The number of hydrogen-bond acceptors (Lipinski definition) is 2. The number of nitrogens with zero attached hydrogens (tertiary/aromatic N) is 1. The first-order valence-electron chi connectivity index (χ1n) is 11.2. The summed E-state index contributed by atoms with van der Waals surface area (Å²) >= 11 is 0. The van der Waals surface area contributed by atoms with Crippen LogP contribution in [0.25, 0.3) is 0 Å². The molecule has 4 nitrogen and oxygen atoms in total. The van der Waals surface area contributed by atoms with Crippen LogP contribution in [0.2, 0.25) is 0 Å². The van der Waals surface area contributed by atoms with Crippen LogP contribution in [0.1, 0.15) is 93.6 Å². The van der Waals surface area contributed by atoms with Gasteiger partial charge in [0.1, 0.15) is 0 Å². The maximum Gasteiger partial charge on any atom is 0.337 e. The fraction of sp³-hybridized carbons (Fsp3) is 0.680. The second-order valence-corrected chi connectivity index (χ2v) is 11.0. The van der Waals surface area contributed by atoms with Gasteiger partial charge in [-0.1, -0.05) is 34.1 Å². The van der Waals surface area contributed by atoms with Crippen LogP contribution in [0.4, 0.5) is 5.69 Å². The summed E-state index contributed by atoms with van der Waals surface area (Å²) < 4.78 is 0. The van der Waals surface area contributed by atoms with E-state index in [1.54, 1.807) is 11.9 Å². The minimum Gasteiger partial charge on any atom is -0.478 e. The van der Waals surface area contributed by atoms with Crippen LogP contribution < -0.4 is 4.90 Å². The van der Waals surface area contributed by atoms with Gasteiger partial charge in [0, 0.05) is 12.5 Å². The molecule has 158 valence electrons. The second-order valence-electron chi connectivity index (χ2n) is 11.0. The number of amides is 1. The fourth-order valence-corrected chi connectivity index (χ4v) is 6.66. The summed E-state index contributed by atoms with van der Waals surface area (Å²) in [5.41, 5.74) is 3.25. The third kappa shape index (κ3) is 3.29. The first-order valence-corrected chi connectivity index (χ1v) is 11.2. The number of carboxylic acids is 1. The van der Waals surface area contributed by atoms with Gasteiger partial charge in [0.2, 0.25) is 5.91 Å². The lowest BCUT2D eigenvalue weighted by atomic mass is 9.56. The number of carboxylic acid groups (broad SMARTS) is 1. The van der Waals surface area contributed by atoms with Crippen LogP contribution in [0, 0.1) is 22.7 Å². The van der Waals surface area contributed by atoms with Crippen LogP contribution in [0.3, 0.4) is 0 Å². The standard InChI is InChI=1S/C25H35NO3/c1-24(2,3)23(29)26(5)21-14-18-15(13-19(21)22(27)28)8-9-17-16(18)10-12-25(4)11-6-7-20(17)25/h13-14,16-17,20H,6-12H2,1-5H3,(H,27,28)/t16?,17?,20?,25-/m0/s1. The van der Waals surface area contributed by atoms with Gasteiger partial charge in [-0.2, -0.15) is 0 Å². The largest absolute Gasteiger partial charge is 0.478 e. The number of aryl methyl sites for hydroxylation is 1. The average molecular weight is 398 g/mol. The zero-order valence-electron chi connectivity index (χ0n) is 18.5. The molecule has 0 saturated heterocycles. The molecule has 29 heavy (non-hydrogen) atoms. The fourth-order valence-electron chi connectivity index (χ4n) is 6.66. The lowest BCUT2D eigenvalue weighted by Gasteiger charge is -2.49. The molecule has 4 heteroatoms. The van der Waals surface area contributed by atoms with Crippen LogP contribution in [0.5, 0.6) is 0 Å². The molecule has 3 unspecified atom stereocenters. The molecule has 4 atom stereocenters. The highest BCUT2D eigenvalue weighted by atomic mass is 16.4. The summed E-state index contributed by atoms with van der Waals surface area (Å²) in [5, 5.41) is 9.85. The minimum atomic E-state index is -0.953. The molecule has 4 rings (SSSR count). The number of rotatable bonds is 2. The summed E-state index contributed by atoms with van der Waals surface area (Å²) in [7, 11) is 1.72. The Kier molecular flexibility index (Phi) is 4.83. The minimum absolute atomic E-state index is 0.0562. The topological polar surface area (TPSA) is 57.6 Å². The molecule has 0 heterocycles. The molecule has 0 radical (unpaired) electrons. The van der Waals surface area contributed by atoms with Crippen LogP contribution in [0.15, 0.2) is 12.1 Å². The zero-order valence-corrected chi connectivity index (χ0v) is 18.5. The SMILES string of the molecule is CN(C(=O)C(C)(C)C)c1cc2c(cc1C(=O)O)CCC1C2CC[C@]2(C)CCCC12. The molecule has 1 aromatic carbocycles. The van der Waals surface area contributed by atoms with Crippen molar-refractivity contribution >= 4 is 17.6 Å². The monoisotopic (exact) mass is 397 g/mol. The molecule has 1 aromatic rings. The zero-order chi connectivity index (χ0) is 21.1. The Morgan fingerprint density at radius 3 is 2.52 bits per heavy atom. The van der Waals surface area contributed by atoms with E-state index in [-0.39, 0.29) is 11.5 Å². The molecule has 3 aliphatic carbocycles. The maximum absolute atomic E-state index is 12.9. The highest BCUT2D eigenvalue weighted by Crippen LogP contribution is 2.61. The van der Waals surface area contributed by atoms with Gasteiger partial charge < -0.3 is 10.0 Å². The number of aromatic carboxylic acids is 1. The average Bonchev–Trinajstić information content (AvgIpc) is 3.06. The van der Waals surface area contributed by atoms with E-state index >= 15 is 0 Å². The van der Waals surface area contributed by atoms with Crippen molar-refractivity contribution < 1.29 is 14.7 Å². The van der Waals surface area contributed by atoms with E-state index in [9.17, 15) is 14.7 Å². The van der Waals surface area contributed by atoms with Gasteiger partial charge in [-0.05, 0) is 85.0 Å². The number of hydrogen-bond donors (Lipinski definition) is 1. The number of carbonyl (C=O) groups is 2. The van der Waals surface area contributed by atoms with Gasteiger partial charge in [-0.15, -0.1) is 0 Å². The van der Waals surface area contributed by atoms with E-state index < -0.39 is 11.4 Å². The van der Waals surface area contributed by atoms with E-state index in [4.69, 9.17) is 0 Å². The Hall–Kier alpha value is -1.84. The normalized spacial score (nSPS) is 30.9. The van der Waals surface area contributed by atoms with E-state index in [1.165, 1.54) is 49.7 Å². The van der Waals surface area contributed by atoms with Crippen molar-refractivity contribution in [2.24, 2.45) is 22.7 Å². The first-order chi connectivity index (χ1) is 13.5. The molecule has 0 spiro atoms. The van der Waals surface area contributed by atoms with E-state index in [2.05, 4.69) is 13.0 Å². The second kappa shape index (κ2) is 6.85. The molecular formula is C25H35NO3. The van der Waals surface area contributed by atoms with Crippen molar-refractivity contribution in [1.29, 1.82) is 0 Å². The van der Waals surface area contributed by atoms with Gasteiger partial charge in [0.05, 0.1) is 11.3 Å². The molecule has 2 saturated carbocycles. The number of carbonyl (C=O) groups excluding carboxylic acids is 1. The molecule has 3 aliphatic rings. The van der Waals surface area contributed by atoms with Crippen LogP contribution in [-0.4, -0.2) is 24.0 Å². The Balaban J connectivity index is 1.77. The number of benzene rings is 1. The van der Waals surface area contributed by atoms with E-state index in [1.807, 2.05) is 26.8 Å². The Morgan fingerprint density at radius 1 is 1.14 bits per heavy atom. The lowest BCUT2D eigenvalue weighted by Crippen LogP contribution is -2.40. The Bertz CT molecular complexity index is 852. The maximum atomic E-state index is 12.9. The summed E-state index contributed by atoms with van der Waals surface area (Å²) in [4.78, 5) is 26.5. The van der Waals surface area contributed by atoms with Crippen LogP contribution in [-0.2, 0) is 11.2 Å². The smallest absolute Gasteiger partial charge is 0.337 e. The van der Waals surface area contributed by atoms with Gasteiger partial charge >= 0.3 is 5.97 Å². The highest BCUT2D eigenvalue weighted by Gasteiger charge is 2.50. The predicted molar refractivity (Wildman–Crippen MR) is 116 cm³/mol. The summed E-state index contributed by atoms with van der Waals surface area (Å²) in [5.74, 6) is 1.00. The van der Waals surface area contributed by atoms with Gasteiger partial charge in [-0.3, -0.25) is 4.79 Å². The summed E-state index contributed by atoms with van der Waals surface area (Å²) in [6.07, 6.45) is 8.64. The van der Waals surface area contributed by atoms with Gasteiger partial charge in [0.15, 0.2) is 0 Å². The van der Waals surface area contributed by atoms with Crippen molar-refractivity contribution in [2.75, 3.05) is 11.9 Å². The Labute approximate surface area is 174 Å². The van der Waals surface area contributed by atoms with E-state index in [0.29, 0.717) is 22.9 Å². The summed E-state index contributed by atoms with van der Waals surface area (Å²) in [6, 6.07) is 3.91. The predicted octanol–water partition coefficient (Wildman–Crippen LogP) is 5.64. The third-order valence-corrected chi connectivity index (χ3v) is 8.16. The first kappa shape index (κ1) is 20.4. The van der Waals surface area contributed by atoms with Gasteiger partial charge in [-0.25, -0.2) is 4.79 Å². The number of fused-ring (bicyclic) bond motifs is 5. The van der Waals surface area contributed by atoms with Crippen LogP contribution >= 0.6 is 0 Å². The van der Waals surface area contributed by atoms with Crippen molar-refractivity contribution in [3.05, 3.63) is 28.8 Å². The molecule has 1 amide bonds. The van der Waals surface area contributed by atoms with Crippen molar-refractivity contribution in [3.63, 3.8) is 0 Å². The molecule has 2 fully saturated rings. The van der Waals surface area contributed by atoms with Crippen molar-refractivity contribution in [2.45, 2.75) is 78.6 Å². The molecular weight excluding hydrogens is 362 g/mol. The van der Waals surface area contributed by atoms with Crippen molar-refractivity contribution in [3.8, 4) is 0 Å². The van der Waals surface area contributed by atoms with E-state index in [0.717, 1.165) is 12.3 Å². The molecule has 0 aliphatic heterocycles. The Morgan fingerprint density at radius 2 is 1.86 bits per heavy atom. The molecule has 0 bridgehead atoms. The summed E-state index contributed by atoms with van der Waals surface area (Å²) in [6.45, 7) is 8.12. The van der Waals surface area contributed by atoms with Crippen molar-refractivity contribution in [1.82, 2.24) is 0 Å². The molecule has 0 aromatic heterocycles. The quantitative estimate of drug-likeness (QED) is 0.702. The lowest BCUT2D eigenvalue weighted by molar-refractivity contribution is -0.125. The molecule has 1 N–H and O–H groups in total. The third-order valence-electron chi connectivity index (χ3n) is 8.16.